The predicted octanol–water partition coefficient (Wildman–Crippen LogP) is 2.18. The number of hydrogen-bond donors (Lipinski definition) is 0. The number of hydrogen-bond acceptors (Lipinski definition) is 0. The van der Waals surface area contributed by atoms with Crippen LogP contribution in [0.1, 0.15) is 11.1 Å². The average molecular weight is 197 g/mol. The van der Waals surface area contributed by atoms with Crippen LogP contribution in [0.3, 0.4) is 0 Å². The molecule has 13 heavy (non-hydrogen) atoms. The molecule has 1 aromatic rings. The SMILES string of the molecule is FC(F)(F)c1cccc(C#C[Si])c1. The highest BCUT2D eigenvalue weighted by atomic mass is 28.1. The molecule has 65 valence electrons. The first-order valence-electron chi connectivity index (χ1n) is 3.39. The summed E-state index contributed by atoms with van der Waals surface area (Å²) in [6, 6.07) is 4.86. The Morgan fingerprint density at radius 3 is 2.46 bits per heavy atom. The summed E-state index contributed by atoms with van der Waals surface area (Å²) in [6.07, 6.45) is -4.30. The van der Waals surface area contributed by atoms with Crippen LogP contribution < -0.4 is 0 Å². The van der Waals surface area contributed by atoms with Gasteiger partial charge in [0.25, 0.3) is 0 Å². The molecular formula is C9H4F3Si. The second kappa shape index (κ2) is 3.67. The van der Waals surface area contributed by atoms with E-state index in [-0.39, 0.29) is 0 Å². The zero-order valence-corrected chi connectivity index (χ0v) is 7.44. The highest BCUT2D eigenvalue weighted by Crippen LogP contribution is 2.29. The molecule has 1 rings (SSSR count). The lowest BCUT2D eigenvalue weighted by molar-refractivity contribution is -0.137. The second-order valence-electron chi connectivity index (χ2n) is 2.33. The van der Waals surface area contributed by atoms with Crippen molar-refractivity contribution in [2.75, 3.05) is 0 Å². The minimum absolute atomic E-state index is 0.338. The van der Waals surface area contributed by atoms with Crippen LogP contribution in [0.5, 0.6) is 0 Å². The van der Waals surface area contributed by atoms with Crippen molar-refractivity contribution in [3.8, 4) is 11.5 Å². The maximum Gasteiger partial charge on any atom is 0.416 e. The topological polar surface area (TPSA) is 0 Å². The van der Waals surface area contributed by atoms with E-state index in [0.717, 1.165) is 12.1 Å². The van der Waals surface area contributed by atoms with Crippen molar-refractivity contribution in [2.24, 2.45) is 0 Å². The van der Waals surface area contributed by atoms with Gasteiger partial charge in [0, 0.05) is 5.56 Å². The quantitative estimate of drug-likeness (QED) is 0.441. The molecule has 0 N–H and O–H groups in total. The van der Waals surface area contributed by atoms with Gasteiger partial charge in [0.1, 0.15) is 10.2 Å². The fraction of sp³-hybridized carbons (Fsp3) is 0.111. The van der Waals surface area contributed by atoms with E-state index in [1.54, 1.807) is 0 Å². The zero-order valence-electron chi connectivity index (χ0n) is 6.44. The first-order valence-corrected chi connectivity index (χ1v) is 3.89. The summed E-state index contributed by atoms with van der Waals surface area (Å²) in [7, 11) is 2.86. The molecule has 0 aliphatic rings. The monoisotopic (exact) mass is 197 g/mol. The van der Waals surface area contributed by atoms with Crippen molar-refractivity contribution >= 4 is 10.2 Å². The lowest BCUT2D eigenvalue weighted by Crippen LogP contribution is -2.04. The van der Waals surface area contributed by atoms with Crippen LogP contribution in [0.4, 0.5) is 13.2 Å². The summed E-state index contributed by atoms with van der Waals surface area (Å²) >= 11 is 0. The van der Waals surface area contributed by atoms with Gasteiger partial charge in [-0.25, -0.2) is 0 Å². The molecule has 0 saturated heterocycles. The predicted molar refractivity (Wildman–Crippen MR) is 44.1 cm³/mol. The molecule has 0 fully saturated rings. The van der Waals surface area contributed by atoms with Gasteiger partial charge in [0.05, 0.1) is 5.56 Å². The summed E-state index contributed by atoms with van der Waals surface area (Å²) in [5.41, 5.74) is 2.01. The van der Waals surface area contributed by atoms with Crippen molar-refractivity contribution in [3.05, 3.63) is 35.4 Å². The molecule has 1 aromatic carbocycles. The number of alkyl halides is 3. The van der Waals surface area contributed by atoms with Crippen LogP contribution in [-0.4, -0.2) is 10.2 Å². The van der Waals surface area contributed by atoms with E-state index in [1.165, 1.54) is 12.1 Å². The molecule has 0 aliphatic carbocycles. The van der Waals surface area contributed by atoms with Gasteiger partial charge in [-0.3, -0.25) is 0 Å². The summed E-state index contributed by atoms with van der Waals surface area (Å²) < 4.78 is 36.4. The van der Waals surface area contributed by atoms with Crippen molar-refractivity contribution < 1.29 is 13.2 Å². The van der Waals surface area contributed by atoms with Gasteiger partial charge < -0.3 is 0 Å². The maximum atomic E-state index is 12.1. The van der Waals surface area contributed by atoms with Crippen LogP contribution in [-0.2, 0) is 6.18 Å². The third kappa shape index (κ3) is 2.63. The van der Waals surface area contributed by atoms with E-state index in [0.29, 0.717) is 5.56 Å². The van der Waals surface area contributed by atoms with Gasteiger partial charge in [-0.15, -0.1) is 5.54 Å². The minimum Gasteiger partial charge on any atom is -0.166 e. The van der Waals surface area contributed by atoms with E-state index in [1.807, 2.05) is 0 Å². The largest absolute Gasteiger partial charge is 0.416 e. The standard InChI is InChI=1S/C9H4F3Si/c10-9(11,12)8-3-1-2-7(6-8)4-5-13/h1-3,6H. The normalized spacial score (nSPS) is 10.5. The van der Waals surface area contributed by atoms with Crippen LogP contribution in [0.2, 0.25) is 0 Å². The van der Waals surface area contributed by atoms with Crippen molar-refractivity contribution in [2.45, 2.75) is 6.18 Å². The van der Waals surface area contributed by atoms with Gasteiger partial charge in [-0.05, 0) is 18.2 Å². The Hall–Kier alpha value is -1.21. The van der Waals surface area contributed by atoms with Gasteiger partial charge in [-0.2, -0.15) is 13.2 Å². The van der Waals surface area contributed by atoms with Gasteiger partial charge >= 0.3 is 6.18 Å². The molecule has 0 aliphatic heterocycles. The van der Waals surface area contributed by atoms with E-state index in [2.05, 4.69) is 21.7 Å². The van der Waals surface area contributed by atoms with Gasteiger partial charge in [-0.1, -0.05) is 12.0 Å². The minimum atomic E-state index is -4.30. The molecule has 0 aromatic heterocycles. The average Bonchev–Trinajstić information content (AvgIpc) is 2.04. The molecule has 0 heterocycles. The first-order chi connectivity index (χ1) is 6.04. The third-order valence-corrected chi connectivity index (χ3v) is 1.52. The smallest absolute Gasteiger partial charge is 0.166 e. The number of rotatable bonds is 0. The molecule has 0 bridgehead atoms. The maximum absolute atomic E-state index is 12.1. The summed E-state index contributed by atoms with van der Waals surface area (Å²) in [6.45, 7) is 0. The van der Waals surface area contributed by atoms with Crippen molar-refractivity contribution in [3.63, 3.8) is 0 Å². The highest BCUT2D eigenvalue weighted by molar-refractivity contribution is 6.22. The summed E-state index contributed by atoms with van der Waals surface area (Å²) in [5, 5.41) is 0. The first kappa shape index (κ1) is 9.87. The van der Waals surface area contributed by atoms with E-state index < -0.39 is 11.7 Å². The Labute approximate surface area is 77.2 Å². The number of halogens is 3. The van der Waals surface area contributed by atoms with Crippen LogP contribution >= 0.6 is 0 Å². The Morgan fingerprint density at radius 1 is 1.23 bits per heavy atom. The Bertz CT molecular complexity index is 357. The molecule has 0 amide bonds. The molecule has 0 saturated carbocycles. The molecule has 0 unspecified atom stereocenters. The molecular weight excluding hydrogens is 193 g/mol. The van der Waals surface area contributed by atoms with Crippen molar-refractivity contribution in [1.82, 2.24) is 0 Å². The fourth-order valence-electron chi connectivity index (χ4n) is 0.845. The molecule has 0 nitrogen and oxygen atoms in total. The van der Waals surface area contributed by atoms with Gasteiger partial charge in [0.2, 0.25) is 0 Å². The molecule has 3 radical (unpaired) electrons. The highest BCUT2D eigenvalue weighted by Gasteiger charge is 2.30. The number of benzene rings is 1. The van der Waals surface area contributed by atoms with Crippen molar-refractivity contribution in [1.29, 1.82) is 0 Å². The fourth-order valence-corrected chi connectivity index (χ4v) is 0.990. The van der Waals surface area contributed by atoms with Crippen LogP contribution in [0.15, 0.2) is 24.3 Å². The Balaban J connectivity index is 3.10. The Morgan fingerprint density at radius 2 is 1.92 bits per heavy atom. The zero-order chi connectivity index (χ0) is 9.90. The summed E-state index contributed by atoms with van der Waals surface area (Å²) in [4.78, 5) is 0. The second-order valence-corrected chi connectivity index (χ2v) is 2.58. The lowest BCUT2D eigenvalue weighted by atomic mass is 10.1. The van der Waals surface area contributed by atoms with Crippen LogP contribution in [0, 0.1) is 11.5 Å². The Kier molecular flexibility index (Phi) is 2.78. The summed E-state index contributed by atoms with van der Waals surface area (Å²) in [5.74, 6) is 2.48. The van der Waals surface area contributed by atoms with E-state index in [4.69, 9.17) is 0 Å². The molecule has 4 heteroatoms. The molecule has 0 spiro atoms. The van der Waals surface area contributed by atoms with E-state index >= 15 is 0 Å². The molecule has 0 atom stereocenters. The van der Waals surface area contributed by atoms with Gasteiger partial charge in [0.15, 0.2) is 0 Å². The lowest BCUT2D eigenvalue weighted by Gasteiger charge is -2.05. The van der Waals surface area contributed by atoms with Crippen LogP contribution in [0.25, 0.3) is 0 Å². The third-order valence-electron chi connectivity index (χ3n) is 1.40. The van der Waals surface area contributed by atoms with E-state index in [9.17, 15) is 13.2 Å².